The fourth-order valence-electron chi connectivity index (χ4n) is 2.12. The Hall–Kier alpha value is -2.70. The summed E-state index contributed by atoms with van der Waals surface area (Å²) in [5.41, 5.74) is 5.29. The number of fused-ring (bicyclic) bond motifs is 1. The molecule has 0 bridgehead atoms. The zero-order valence-electron chi connectivity index (χ0n) is 12.3. The van der Waals surface area contributed by atoms with Gasteiger partial charge in [-0.3, -0.25) is 5.43 Å². The van der Waals surface area contributed by atoms with Gasteiger partial charge in [0.2, 0.25) is 5.95 Å². The lowest BCUT2D eigenvalue weighted by atomic mass is 9.95. The lowest BCUT2D eigenvalue weighted by Gasteiger charge is -2.10. The van der Waals surface area contributed by atoms with Gasteiger partial charge in [-0.2, -0.15) is 9.97 Å². The van der Waals surface area contributed by atoms with Crippen LogP contribution in [0.1, 0.15) is 5.82 Å². The highest BCUT2D eigenvalue weighted by atomic mass is 35.5. The first-order chi connectivity index (χ1) is 11.1. The summed E-state index contributed by atoms with van der Waals surface area (Å²) < 4.78 is 1.37. The van der Waals surface area contributed by atoms with Gasteiger partial charge in [0.25, 0.3) is 0 Å². The third-order valence-electron chi connectivity index (χ3n) is 3.42. The second-order valence-corrected chi connectivity index (χ2v) is 5.35. The van der Waals surface area contributed by atoms with E-state index < -0.39 is 5.69 Å². The molecule has 0 spiro atoms. The molecule has 0 radical (unpaired) electrons. The van der Waals surface area contributed by atoms with Gasteiger partial charge in [0, 0.05) is 5.02 Å². The number of nitrogen functional groups attached to an aromatic ring is 1. The summed E-state index contributed by atoms with van der Waals surface area (Å²) in [6.07, 6.45) is 0. The third-order valence-corrected chi connectivity index (χ3v) is 3.67. The highest BCUT2D eigenvalue weighted by molar-refractivity contribution is 6.30. The predicted molar refractivity (Wildman–Crippen MR) is 90.6 cm³/mol. The predicted octanol–water partition coefficient (Wildman–Crippen LogP) is 2.54. The van der Waals surface area contributed by atoms with Crippen LogP contribution < -0.4 is 17.0 Å². The number of aryl methyl sites for hydroxylation is 1. The molecule has 1 aromatic carbocycles. The van der Waals surface area contributed by atoms with Gasteiger partial charge in [0.05, 0.1) is 5.69 Å². The van der Waals surface area contributed by atoms with Gasteiger partial charge in [0.1, 0.15) is 5.82 Å². The number of rotatable bonds is 2. The molecule has 1 aromatic heterocycles. The third kappa shape index (κ3) is 3.08. The molecule has 7 heteroatoms. The number of anilines is 1. The highest BCUT2D eigenvalue weighted by Gasteiger charge is 2.07. The maximum absolute atomic E-state index is 11.8. The molecule has 23 heavy (non-hydrogen) atoms. The van der Waals surface area contributed by atoms with Crippen molar-refractivity contribution < 1.29 is 0 Å². The van der Waals surface area contributed by atoms with Crippen molar-refractivity contribution in [3.63, 3.8) is 0 Å². The number of nitrogens with zero attached hydrogens (tertiary/aromatic N) is 3. The number of hydrogen-bond acceptors (Lipinski definition) is 5. The van der Waals surface area contributed by atoms with Crippen LogP contribution in [0, 0.1) is 6.92 Å². The maximum atomic E-state index is 11.8. The van der Waals surface area contributed by atoms with Gasteiger partial charge in [0.15, 0.2) is 0 Å². The zero-order valence-corrected chi connectivity index (χ0v) is 13.1. The molecule has 0 saturated carbocycles. The van der Waals surface area contributed by atoms with Crippen LogP contribution in [0.2, 0.25) is 5.02 Å². The van der Waals surface area contributed by atoms with Crippen LogP contribution in [-0.2, 0) is 0 Å². The van der Waals surface area contributed by atoms with Crippen LogP contribution >= 0.6 is 11.6 Å². The number of benzene rings is 2. The summed E-state index contributed by atoms with van der Waals surface area (Å²) in [5, 5.41) is 0.598. The number of halogens is 1. The number of nitrogens with one attached hydrogen (secondary N) is 1. The SMILES string of the molecule is Cc1nc(NN)nc(=O)n1-c1ccc(Cl)cc1.c1cc2ccc1-2. The second-order valence-electron chi connectivity index (χ2n) is 4.91. The average molecular weight is 328 g/mol. The van der Waals surface area contributed by atoms with Crippen molar-refractivity contribution in [3.8, 4) is 16.8 Å². The Kier molecular flexibility index (Phi) is 4.10. The smallest absolute Gasteiger partial charge is 0.292 e. The van der Waals surface area contributed by atoms with Crippen LogP contribution in [0.25, 0.3) is 16.8 Å². The minimum Gasteiger partial charge on any atom is -0.292 e. The molecule has 2 aromatic rings. The molecule has 0 aliphatic heterocycles. The minimum atomic E-state index is -0.451. The van der Waals surface area contributed by atoms with E-state index in [4.69, 9.17) is 17.4 Å². The number of aromatic nitrogens is 3. The van der Waals surface area contributed by atoms with Crippen LogP contribution in [0.4, 0.5) is 5.95 Å². The second kappa shape index (κ2) is 6.20. The standard InChI is InChI=1S/C10H10ClN5O.C6H4/c1-6-13-9(15-12)14-10(17)16(6)8-4-2-7(11)3-5-8;1-2-6-4-3-5(1)6/h2-5H,12H2,1H3,(H,14,15,17);1-4H. The summed E-state index contributed by atoms with van der Waals surface area (Å²) >= 11 is 5.78. The van der Waals surface area contributed by atoms with Gasteiger partial charge in [-0.1, -0.05) is 35.9 Å². The van der Waals surface area contributed by atoms with Crippen molar-refractivity contribution in [2.75, 3.05) is 5.43 Å². The van der Waals surface area contributed by atoms with Crippen molar-refractivity contribution >= 4 is 17.5 Å². The molecule has 1 heterocycles. The number of nitrogens with two attached hydrogens (primary N) is 1. The van der Waals surface area contributed by atoms with E-state index in [-0.39, 0.29) is 5.95 Å². The summed E-state index contributed by atoms with van der Waals surface area (Å²) in [7, 11) is 0. The van der Waals surface area contributed by atoms with Crippen LogP contribution in [0.5, 0.6) is 0 Å². The van der Waals surface area contributed by atoms with Gasteiger partial charge in [-0.25, -0.2) is 15.2 Å². The fraction of sp³-hybridized carbons (Fsp3) is 0.0625. The lowest BCUT2D eigenvalue weighted by molar-refractivity contribution is 0.811. The van der Waals surface area contributed by atoms with E-state index in [9.17, 15) is 4.79 Å². The van der Waals surface area contributed by atoms with E-state index in [0.29, 0.717) is 16.5 Å². The molecule has 2 aliphatic rings. The topological polar surface area (TPSA) is 85.8 Å². The molecule has 0 fully saturated rings. The molecule has 0 amide bonds. The largest absolute Gasteiger partial charge is 0.356 e. The molecule has 0 unspecified atom stereocenters. The van der Waals surface area contributed by atoms with Crippen LogP contribution in [0.3, 0.4) is 0 Å². The quantitative estimate of drug-likeness (QED) is 0.436. The van der Waals surface area contributed by atoms with E-state index in [1.165, 1.54) is 15.7 Å². The molecule has 4 rings (SSSR count). The molecular weight excluding hydrogens is 314 g/mol. The number of hydrazine groups is 1. The zero-order chi connectivity index (χ0) is 16.4. The summed E-state index contributed by atoms with van der Waals surface area (Å²) in [4.78, 5) is 19.5. The highest BCUT2D eigenvalue weighted by Crippen LogP contribution is 2.29. The Morgan fingerprint density at radius 3 is 1.96 bits per heavy atom. The monoisotopic (exact) mass is 327 g/mol. The van der Waals surface area contributed by atoms with E-state index in [0.717, 1.165) is 0 Å². The van der Waals surface area contributed by atoms with E-state index in [1.54, 1.807) is 31.2 Å². The van der Waals surface area contributed by atoms with E-state index in [1.807, 2.05) is 0 Å². The average Bonchev–Trinajstić information content (AvgIpc) is 2.52. The van der Waals surface area contributed by atoms with Gasteiger partial charge in [-0.15, -0.1) is 0 Å². The van der Waals surface area contributed by atoms with Crippen LogP contribution in [-0.4, -0.2) is 14.5 Å². The molecule has 6 nitrogen and oxygen atoms in total. The van der Waals surface area contributed by atoms with E-state index in [2.05, 4.69) is 39.7 Å². The lowest BCUT2D eigenvalue weighted by Crippen LogP contribution is -2.27. The van der Waals surface area contributed by atoms with Crippen molar-refractivity contribution in [2.24, 2.45) is 5.84 Å². The minimum absolute atomic E-state index is 0.0951. The summed E-state index contributed by atoms with van der Waals surface area (Å²) in [5.74, 6) is 5.74. The molecule has 0 atom stereocenters. The molecule has 3 N–H and O–H groups in total. The van der Waals surface area contributed by atoms with Gasteiger partial charge < -0.3 is 0 Å². The van der Waals surface area contributed by atoms with Crippen molar-refractivity contribution in [1.29, 1.82) is 0 Å². The fourth-order valence-corrected chi connectivity index (χ4v) is 2.25. The first kappa shape index (κ1) is 15.2. The van der Waals surface area contributed by atoms with Crippen molar-refractivity contribution in [1.82, 2.24) is 14.5 Å². The normalized spacial score (nSPS) is 10.6. The summed E-state index contributed by atoms with van der Waals surface area (Å²) in [6, 6.07) is 15.3. The Morgan fingerprint density at radius 2 is 1.57 bits per heavy atom. The van der Waals surface area contributed by atoms with Crippen molar-refractivity contribution in [3.05, 3.63) is 69.9 Å². The first-order valence-corrected chi connectivity index (χ1v) is 7.27. The van der Waals surface area contributed by atoms with Crippen molar-refractivity contribution in [2.45, 2.75) is 6.92 Å². The number of hydrogen-bond donors (Lipinski definition) is 2. The van der Waals surface area contributed by atoms with E-state index >= 15 is 0 Å². The molecule has 2 aliphatic carbocycles. The molecular formula is C16H14ClN5O. The Balaban J connectivity index is 0.000000213. The molecule has 0 saturated heterocycles. The maximum Gasteiger partial charge on any atom is 0.356 e. The molecule has 116 valence electrons. The Morgan fingerprint density at radius 1 is 1.00 bits per heavy atom. The Labute approximate surface area is 137 Å². The first-order valence-electron chi connectivity index (χ1n) is 6.89. The van der Waals surface area contributed by atoms with Gasteiger partial charge in [-0.05, 0) is 42.3 Å². The van der Waals surface area contributed by atoms with Crippen LogP contribution in [0.15, 0.2) is 53.3 Å². The summed E-state index contributed by atoms with van der Waals surface area (Å²) in [6.45, 7) is 1.69. The van der Waals surface area contributed by atoms with Gasteiger partial charge >= 0.3 is 5.69 Å². The Bertz CT molecular complexity index is 867.